The van der Waals surface area contributed by atoms with Crippen LogP contribution in [0.15, 0.2) is 30.5 Å². The first-order valence-corrected chi connectivity index (χ1v) is 5.69. The molecule has 0 saturated carbocycles. The highest BCUT2D eigenvalue weighted by atomic mass is 15.3. The molecule has 6 heteroatoms. The van der Waals surface area contributed by atoms with Gasteiger partial charge in [0.1, 0.15) is 5.82 Å². The van der Waals surface area contributed by atoms with Gasteiger partial charge in [0.25, 0.3) is 0 Å². The summed E-state index contributed by atoms with van der Waals surface area (Å²) in [5.74, 6) is 6.42. The van der Waals surface area contributed by atoms with Gasteiger partial charge in [-0.3, -0.25) is 10.4 Å². The predicted octanol–water partition coefficient (Wildman–Crippen LogP) is 1.64. The van der Waals surface area contributed by atoms with Crippen LogP contribution in [0.4, 0.5) is 11.8 Å². The lowest BCUT2D eigenvalue weighted by atomic mass is 10.2. The zero-order chi connectivity index (χ0) is 13.0. The molecule has 0 aliphatic heterocycles. The molecule has 18 heavy (non-hydrogen) atoms. The second-order valence-corrected chi connectivity index (χ2v) is 3.98. The van der Waals surface area contributed by atoms with Crippen LogP contribution < -0.4 is 16.6 Å². The number of pyridine rings is 1. The summed E-state index contributed by atoms with van der Waals surface area (Å²) < 4.78 is 0. The minimum Gasteiger partial charge on any atom is -0.362 e. The fraction of sp³-hybridized carbons (Fsp3) is 0.250. The molecular formula is C12H16N6. The van der Waals surface area contributed by atoms with Crippen molar-refractivity contribution in [2.24, 2.45) is 5.84 Å². The van der Waals surface area contributed by atoms with Gasteiger partial charge in [-0.05, 0) is 26.0 Å². The van der Waals surface area contributed by atoms with Crippen LogP contribution in [-0.2, 0) is 0 Å². The van der Waals surface area contributed by atoms with E-state index in [2.05, 4.69) is 25.7 Å². The molecule has 0 aliphatic carbocycles. The first-order chi connectivity index (χ1) is 8.69. The maximum Gasteiger partial charge on any atom is 0.239 e. The summed E-state index contributed by atoms with van der Waals surface area (Å²) in [6.45, 7) is 3.91. The van der Waals surface area contributed by atoms with Crippen LogP contribution in [0.2, 0.25) is 0 Å². The number of anilines is 2. The highest BCUT2D eigenvalue weighted by Crippen LogP contribution is 2.17. The van der Waals surface area contributed by atoms with Crippen molar-refractivity contribution in [1.29, 1.82) is 0 Å². The van der Waals surface area contributed by atoms with Crippen molar-refractivity contribution in [2.45, 2.75) is 19.9 Å². The van der Waals surface area contributed by atoms with Crippen LogP contribution in [0.3, 0.4) is 0 Å². The number of rotatable bonds is 4. The summed E-state index contributed by atoms with van der Waals surface area (Å²) in [6.07, 6.45) is 1.77. The molecule has 2 rings (SSSR count). The smallest absolute Gasteiger partial charge is 0.239 e. The fourth-order valence-electron chi connectivity index (χ4n) is 1.63. The summed E-state index contributed by atoms with van der Waals surface area (Å²) in [6, 6.07) is 7.74. The quantitative estimate of drug-likeness (QED) is 0.559. The molecular weight excluding hydrogens is 228 g/mol. The largest absolute Gasteiger partial charge is 0.362 e. The Morgan fingerprint density at radius 1 is 1.28 bits per heavy atom. The lowest BCUT2D eigenvalue weighted by Crippen LogP contribution is -2.14. The highest BCUT2D eigenvalue weighted by molar-refractivity contribution is 5.43. The second kappa shape index (κ2) is 5.42. The molecule has 6 nitrogen and oxygen atoms in total. The number of hydrogen-bond acceptors (Lipinski definition) is 6. The fourth-order valence-corrected chi connectivity index (χ4v) is 1.63. The average Bonchev–Trinajstić information content (AvgIpc) is 2.39. The van der Waals surface area contributed by atoms with Gasteiger partial charge >= 0.3 is 0 Å². The van der Waals surface area contributed by atoms with Gasteiger partial charge in [-0.1, -0.05) is 6.07 Å². The molecule has 1 unspecified atom stereocenters. The van der Waals surface area contributed by atoms with E-state index in [4.69, 9.17) is 5.84 Å². The van der Waals surface area contributed by atoms with E-state index in [1.165, 1.54) is 0 Å². The zero-order valence-corrected chi connectivity index (χ0v) is 10.4. The van der Waals surface area contributed by atoms with E-state index in [9.17, 15) is 0 Å². The van der Waals surface area contributed by atoms with Crippen molar-refractivity contribution < 1.29 is 0 Å². The summed E-state index contributed by atoms with van der Waals surface area (Å²) >= 11 is 0. The van der Waals surface area contributed by atoms with Gasteiger partial charge in [0.15, 0.2) is 0 Å². The lowest BCUT2D eigenvalue weighted by Gasteiger charge is -2.14. The Morgan fingerprint density at radius 3 is 2.78 bits per heavy atom. The Balaban J connectivity index is 2.16. The van der Waals surface area contributed by atoms with Crippen LogP contribution >= 0.6 is 0 Å². The highest BCUT2D eigenvalue weighted by Gasteiger charge is 2.08. The normalized spacial score (nSPS) is 11.9. The van der Waals surface area contributed by atoms with E-state index in [1.54, 1.807) is 6.20 Å². The molecule has 0 spiro atoms. The first-order valence-electron chi connectivity index (χ1n) is 5.69. The van der Waals surface area contributed by atoms with Crippen molar-refractivity contribution in [3.05, 3.63) is 41.9 Å². The van der Waals surface area contributed by atoms with Gasteiger partial charge in [0.2, 0.25) is 5.95 Å². The standard InChI is InChI=1S/C12H16N6/c1-8-7-11(17-12(15-8)18-13)16-9(2)10-5-3-4-6-14-10/h3-7,9H,13H2,1-2H3,(H2,15,16,17,18). The van der Waals surface area contributed by atoms with E-state index in [1.807, 2.05) is 38.1 Å². The number of nitrogens with one attached hydrogen (secondary N) is 2. The molecule has 2 heterocycles. The van der Waals surface area contributed by atoms with E-state index in [0.29, 0.717) is 11.8 Å². The van der Waals surface area contributed by atoms with Crippen LogP contribution in [0.1, 0.15) is 24.4 Å². The Bertz CT molecular complexity index is 513. The van der Waals surface area contributed by atoms with Crippen LogP contribution in [0.25, 0.3) is 0 Å². The topological polar surface area (TPSA) is 88.8 Å². The van der Waals surface area contributed by atoms with Crippen molar-refractivity contribution in [1.82, 2.24) is 15.0 Å². The summed E-state index contributed by atoms with van der Waals surface area (Å²) in [5, 5.41) is 3.26. The number of nitrogen functional groups attached to an aromatic ring is 1. The average molecular weight is 244 g/mol. The molecule has 4 N–H and O–H groups in total. The Morgan fingerprint density at radius 2 is 2.11 bits per heavy atom. The van der Waals surface area contributed by atoms with Gasteiger partial charge < -0.3 is 5.32 Å². The molecule has 2 aromatic rings. The summed E-state index contributed by atoms with van der Waals surface area (Å²) in [7, 11) is 0. The number of aryl methyl sites for hydroxylation is 1. The van der Waals surface area contributed by atoms with E-state index >= 15 is 0 Å². The third-order valence-electron chi connectivity index (χ3n) is 2.48. The third kappa shape index (κ3) is 2.92. The molecule has 1 atom stereocenters. The van der Waals surface area contributed by atoms with Gasteiger partial charge in [-0.2, -0.15) is 4.98 Å². The zero-order valence-electron chi connectivity index (χ0n) is 10.4. The SMILES string of the molecule is Cc1cc(NC(C)c2ccccn2)nc(NN)n1. The van der Waals surface area contributed by atoms with Crippen molar-refractivity contribution in [3.8, 4) is 0 Å². The minimum absolute atomic E-state index is 0.0612. The van der Waals surface area contributed by atoms with E-state index < -0.39 is 0 Å². The predicted molar refractivity (Wildman–Crippen MR) is 70.9 cm³/mol. The second-order valence-electron chi connectivity index (χ2n) is 3.98. The number of aromatic nitrogens is 3. The molecule has 0 aromatic carbocycles. The maximum atomic E-state index is 5.31. The number of nitrogens with zero attached hydrogens (tertiary/aromatic N) is 3. The maximum absolute atomic E-state index is 5.31. The van der Waals surface area contributed by atoms with Crippen molar-refractivity contribution in [3.63, 3.8) is 0 Å². The summed E-state index contributed by atoms with van der Waals surface area (Å²) in [4.78, 5) is 12.7. The van der Waals surface area contributed by atoms with E-state index in [0.717, 1.165) is 11.4 Å². The molecule has 0 aliphatic rings. The van der Waals surface area contributed by atoms with Gasteiger partial charge in [0, 0.05) is 18.0 Å². The molecule has 0 fully saturated rings. The number of nitrogens with two attached hydrogens (primary N) is 1. The molecule has 0 amide bonds. The Hall–Kier alpha value is -2.21. The Labute approximate surface area is 106 Å². The molecule has 0 saturated heterocycles. The molecule has 2 aromatic heterocycles. The monoisotopic (exact) mass is 244 g/mol. The van der Waals surface area contributed by atoms with E-state index in [-0.39, 0.29) is 6.04 Å². The van der Waals surface area contributed by atoms with Gasteiger partial charge in [-0.15, -0.1) is 0 Å². The number of hydrogen-bond donors (Lipinski definition) is 3. The van der Waals surface area contributed by atoms with Crippen LogP contribution in [0.5, 0.6) is 0 Å². The molecule has 94 valence electrons. The Kier molecular flexibility index (Phi) is 3.69. The minimum atomic E-state index is 0.0612. The first kappa shape index (κ1) is 12.3. The third-order valence-corrected chi connectivity index (χ3v) is 2.48. The van der Waals surface area contributed by atoms with Gasteiger partial charge in [0.05, 0.1) is 11.7 Å². The molecule has 0 radical (unpaired) electrons. The van der Waals surface area contributed by atoms with Crippen molar-refractivity contribution >= 4 is 11.8 Å². The van der Waals surface area contributed by atoms with Crippen LogP contribution in [-0.4, -0.2) is 15.0 Å². The van der Waals surface area contributed by atoms with Gasteiger partial charge in [-0.25, -0.2) is 10.8 Å². The van der Waals surface area contributed by atoms with Crippen LogP contribution in [0, 0.1) is 6.92 Å². The number of hydrazine groups is 1. The summed E-state index contributed by atoms with van der Waals surface area (Å²) in [5.41, 5.74) is 4.24. The van der Waals surface area contributed by atoms with Crippen molar-refractivity contribution in [2.75, 3.05) is 10.7 Å². The lowest BCUT2D eigenvalue weighted by molar-refractivity contribution is 0.829. The molecule has 0 bridgehead atoms.